The zero-order valence-electron chi connectivity index (χ0n) is 15.8. The number of nitrogen functional groups attached to an aromatic ring is 1. The maximum absolute atomic E-state index is 12.7. The van der Waals surface area contributed by atoms with Crippen LogP contribution >= 0.6 is 11.6 Å². The van der Waals surface area contributed by atoms with Gasteiger partial charge in [0.1, 0.15) is 0 Å². The Hall–Kier alpha value is -1.89. The third kappa shape index (κ3) is 4.89. The number of pyridine rings is 1. The lowest BCUT2D eigenvalue weighted by molar-refractivity contribution is 0.0245. The third-order valence-corrected chi connectivity index (χ3v) is 5.31. The number of carbonyl (C=O) groups excluding carboxylic acids is 1. The van der Waals surface area contributed by atoms with Crippen molar-refractivity contribution in [2.45, 2.75) is 32.3 Å². The topological polar surface area (TPSA) is 91.5 Å². The van der Waals surface area contributed by atoms with Crippen molar-refractivity contribution in [2.24, 2.45) is 5.92 Å². The summed E-state index contributed by atoms with van der Waals surface area (Å²) in [7, 11) is 0. The van der Waals surface area contributed by atoms with E-state index in [2.05, 4.69) is 15.2 Å². The first kappa shape index (κ1) is 19.9. The molecular weight excluding hydrogens is 364 g/mol. The predicted molar refractivity (Wildman–Crippen MR) is 109 cm³/mol. The van der Waals surface area contributed by atoms with Crippen LogP contribution in [0.2, 0.25) is 5.02 Å². The number of likely N-dealkylation sites (tertiary alicyclic amines) is 1. The Labute approximate surface area is 164 Å². The van der Waals surface area contributed by atoms with Gasteiger partial charge in [0, 0.05) is 24.7 Å². The summed E-state index contributed by atoms with van der Waals surface area (Å²) in [6.07, 6.45) is 3.64. The number of anilines is 1. The van der Waals surface area contributed by atoms with Gasteiger partial charge in [-0.3, -0.25) is 9.78 Å². The maximum atomic E-state index is 12.7. The molecule has 1 amide bonds. The van der Waals surface area contributed by atoms with E-state index in [0.29, 0.717) is 46.2 Å². The van der Waals surface area contributed by atoms with Crippen molar-refractivity contribution in [2.75, 3.05) is 31.9 Å². The number of nitrogens with one attached hydrogen (secondary N) is 1. The molecule has 1 fully saturated rings. The first-order valence-electron chi connectivity index (χ1n) is 9.30. The zero-order chi connectivity index (χ0) is 19.6. The van der Waals surface area contributed by atoms with E-state index in [0.717, 1.165) is 25.9 Å². The number of carbonyl (C=O) groups is 1. The lowest BCUT2D eigenvalue weighted by atomic mass is 9.95. The molecule has 4 N–H and O–H groups in total. The molecule has 1 aromatic carbocycles. The minimum atomic E-state index is -0.677. The monoisotopic (exact) mass is 390 g/mol. The fraction of sp³-hybridized carbons (Fsp3) is 0.500. The lowest BCUT2D eigenvalue weighted by Crippen LogP contribution is -2.44. The number of aromatic nitrogens is 1. The van der Waals surface area contributed by atoms with Gasteiger partial charge in [-0.2, -0.15) is 0 Å². The summed E-state index contributed by atoms with van der Waals surface area (Å²) >= 11 is 6.20. The molecule has 146 valence electrons. The second-order valence-electron chi connectivity index (χ2n) is 7.96. The van der Waals surface area contributed by atoms with Crippen molar-refractivity contribution in [1.29, 1.82) is 0 Å². The molecule has 0 spiro atoms. The molecule has 0 saturated carbocycles. The highest BCUT2D eigenvalue weighted by molar-refractivity contribution is 6.35. The summed E-state index contributed by atoms with van der Waals surface area (Å²) in [4.78, 5) is 19.3. The molecule has 1 aliphatic heterocycles. The van der Waals surface area contributed by atoms with Crippen molar-refractivity contribution in [3.05, 3.63) is 35.0 Å². The fourth-order valence-electron chi connectivity index (χ4n) is 3.64. The van der Waals surface area contributed by atoms with Crippen molar-refractivity contribution < 1.29 is 9.90 Å². The predicted octanol–water partition coefficient (Wildman–Crippen LogP) is 2.68. The van der Waals surface area contributed by atoms with E-state index >= 15 is 0 Å². The van der Waals surface area contributed by atoms with Crippen molar-refractivity contribution in [1.82, 2.24) is 15.2 Å². The maximum Gasteiger partial charge on any atom is 0.253 e. The van der Waals surface area contributed by atoms with Gasteiger partial charge < -0.3 is 21.1 Å². The Balaban J connectivity index is 1.61. The van der Waals surface area contributed by atoms with Gasteiger partial charge in [0.15, 0.2) is 0 Å². The summed E-state index contributed by atoms with van der Waals surface area (Å²) in [6, 6.07) is 5.18. The lowest BCUT2D eigenvalue weighted by Gasteiger charge is -2.35. The first-order valence-corrected chi connectivity index (χ1v) is 9.68. The van der Waals surface area contributed by atoms with Crippen LogP contribution < -0.4 is 11.1 Å². The van der Waals surface area contributed by atoms with Gasteiger partial charge in [-0.05, 0) is 63.9 Å². The fourth-order valence-corrected chi connectivity index (χ4v) is 3.85. The van der Waals surface area contributed by atoms with Crippen LogP contribution in [0.25, 0.3) is 10.9 Å². The van der Waals surface area contributed by atoms with Gasteiger partial charge in [0.2, 0.25) is 0 Å². The van der Waals surface area contributed by atoms with Gasteiger partial charge in [-0.1, -0.05) is 11.6 Å². The van der Waals surface area contributed by atoms with Crippen LogP contribution in [0.15, 0.2) is 24.4 Å². The van der Waals surface area contributed by atoms with Crippen LogP contribution in [0, 0.1) is 5.92 Å². The molecule has 0 aliphatic carbocycles. The minimum absolute atomic E-state index is 0.181. The second kappa shape index (κ2) is 8.00. The van der Waals surface area contributed by atoms with Crippen LogP contribution in [-0.4, -0.2) is 52.7 Å². The van der Waals surface area contributed by atoms with Crippen molar-refractivity contribution in [3.63, 3.8) is 0 Å². The van der Waals surface area contributed by atoms with Gasteiger partial charge in [0.05, 0.1) is 27.4 Å². The van der Waals surface area contributed by atoms with E-state index in [-0.39, 0.29) is 5.91 Å². The molecule has 1 aliphatic rings. The number of hydrogen-bond acceptors (Lipinski definition) is 5. The molecule has 7 heteroatoms. The largest absolute Gasteiger partial charge is 0.397 e. The highest BCUT2D eigenvalue weighted by Crippen LogP contribution is 2.30. The summed E-state index contributed by atoms with van der Waals surface area (Å²) in [5.41, 5.74) is 6.79. The number of fused-ring (bicyclic) bond motifs is 1. The molecule has 0 atom stereocenters. The first-order chi connectivity index (χ1) is 12.7. The Morgan fingerprint density at radius 1 is 1.44 bits per heavy atom. The van der Waals surface area contributed by atoms with Gasteiger partial charge in [-0.25, -0.2) is 0 Å². The number of aliphatic hydroxyl groups is 1. The average Bonchev–Trinajstić information content (AvgIpc) is 2.62. The van der Waals surface area contributed by atoms with Crippen LogP contribution in [0.1, 0.15) is 37.0 Å². The second-order valence-corrected chi connectivity index (χ2v) is 8.37. The Kier molecular flexibility index (Phi) is 5.89. The molecular formula is C20H27ClN4O2. The average molecular weight is 391 g/mol. The van der Waals surface area contributed by atoms with Gasteiger partial charge >= 0.3 is 0 Å². The third-order valence-electron chi connectivity index (χ3n) is 4.99. The van der Waals surface area contributed by atoms with E-state index in [1.165, 1.54) is 0 Å². The van der Waals surface area contributed by atoms with Gasteiger partial charge in [-0.15, -0.1) is 0 Å². The minimum Gasteiger partial charge on any atom is -0.397 e. The van der Waals surface area contributed by atoms with Crippen LogP contribution in [-0.2, 0) is 0 Å². The number of benzene rings is 1. The molecule has 1 saturated heterocycles. The van der Waals surface area contributed by atoms with E-state index in [9.17, 15) is 9.90 Å². The Morgan fingerprint density at radius 2 is 2.15 bits per heavy atom. The smallest absolute Gasteiger partial charge is 0.253 e. The normalized spacial score (nSPS) is 16.6. The summed E-state index contributed by atoms with van der Waals surface area (Å²) in [5, 5.41) is 14.0. The summed E-state index contributed by atoms with van der Waals surface area (Å²) in [5.74, 6) is 0.245. The number of hydrogen-bond donors (Lipinski definition) is 3. The SMILES string of the molecule is CC(C)(O)CN1CCC(CNC(=O)c2cc(Cl)c(N)c3cccnc23)CC1. The number of nitrogens with two attached hydrogens (primary N) is 1. The summed E-state index contributed by atoms with van der Waals surface area (Å²) in [6.45, 7) is 6.81. The van der Waals surface area contributed by atoms with Crippen molar-refractivity contribution in [3.8, 4) is 0 Å². The number of halogens is 1. The molecule has 0 bridgehead atoms. The van der Waals surface area contributed by atoms with Crippen LogP contribution in [0.4, 0.5) is 5.69 Å². The van der Waals surface area contributed by atoms with E-state index < -0.39 is 5.60 Å². The van der Waals surface area contributed by atoms with E-state index in [4.69, 9.17) is 17.3 Å². The number of nitrogens with zero attached hydrogens (tertiary/aromatic N) is 2. The number of amides is 1. The Morgan fingerprint density at radius 3 is 2.81 bits per heavy atom. The van der Waals surface area contributed by atoms with Crippen LogP contribution in [0.5, 0.6) is 0 Å². The Bertz CT molecular complexity index is 827. The standard InChI is InChI=1S/C20H27ClN4O2/c1-20(2,27)12-25-8-5-13(6-9-25)11-24-19(26)15-10-16(21)17(22)14-4-3-7-23-18(14)15/h3-4,7,10,13,27H,5-6,8-9,11-12,22H2,1-2H3,(H,24,26). The number of rotatable bonds is 5. The number of piperidine rings is 1. The molecule has 2 aromatic rings. The quantitative estimate of drug-likeness (QED) is 0.683. The van der Waals surface area contributed by atoms with E-state index in [1.807, 2.05) is 19.9 Å². The zero-order valence-corrected chi connectivity index (χ0v) is 16.6. The molecule has 0 unspecified atom stereocenters. The highest BCUT2D eigenvalue weighted by Gasteiger charge is 2.24. The van der Waals surface area contributed by atoms with E-state index in [1.54, 1.807) is 18.3 Å². The molecule has 2 heterocycles. The molecule has 0 radical (unpaired) electrons. The molecule has 6 nitrogen and oxygen atoms in total. The molecule has 1 aromatic heterocycles. The highest BCUT2D eigenvalue weighted by atomic mass is 35.5. The number of β-amino-alcohol motifs (C(OH)–C–C–N with tert-alkyl or cyclic N) is 1. The van der Waals surface area contributed by atoms with Crippen LogP contribution in [0.3, 0.4) is 0 Å². The van der Waals surface area contributed by atoms with Crippen molar-refractivity contribution >= 4 is 34.1 Å². The summed E-state index contributed by atoms with van der Waals surface area (Å²) < 4.78 is 0. The molecule has 27 heavy (non-hydrogen) atoms. The molecule has 3 rings (SSSR count). The van der Waals surface area contributed by atoms with Gasteiger partial charge in [0.25, 0.3) is 5.91 Å².